The zero-order chi connectivity index (χ0) is 14.5. The highest BCUT2D eigenvalue weighted by Gasteiger charge is 2.05. The number of amides is 1. The van der Waals surface area contributed by atoms with Crippen LogP contribution in [0.2, 0.25) is 0 Å². The summed E-state index contributed by atoms with van der Waals surface area (Å²) in [5, 5.41) is 4.15. The van der Waals surface area contributed by atoms with Crippen LogP contribution in [0.1, 0.15) is 39.5 Å². The third kappa shape index (κ3) is 3.54. The normalized spacial score (nSPS) is 11.4. The van der Waals surface area contributed by atoms with Gasteiger partial charge in [-0.25, -0.2) is 5.43 Å². The summed E-state index contributed by atoms with van der Waals surface area (Å²) in [6, 6.07) is 11.6. The Balaban J connectivity index is 2.03. The number of thiophene rings is 1. The van der Waals surface area contributed by atoms with Crippen molar-refractivity contribution in [2.75, 3.05) is 0 Å². The number of hydrazone groups is 1. The molecule has 0 aliphatic carbocycles. The van der Waals surface area contributed by atoms with Crippen LogP contribution in [0.4, 0.5) is 0 Å². The van der Waals surface area contributed by atoms with E-state index < -0.39 is 0 Å². The summed E-state index contributed by atoms with van der Waals surface area (Å²) in [7, 11) is 0. The topological polar surface area (TPSA) is 41.5 Å². The van der Waals surface area contributed by atoms with Gasteiger partial charge in [0.25, 0.3) is 5.91 Å². The third-order valence-corrected chi connectivity index (χ3v) is 4.16. The number of nitrogens with one attached hydrogen (secondary N) is 1. The second-order valence-electron chi connectivity index (χ2n) is 4.60. The highest BCUT2D eigenvalue weighted by molar-refractivity contribution is 7.14. The fourth-order valence-electron chi connectivity index (χ4n) is 1.78. The van der Waals surface area contributed by atoms with E-state index in [0.717, 1.165) is 17.0 Å². The molecule has 4 heteroatoms. The Bertz CT molecular complexity index is 626. The van der Waals surface area contributed by atoms with Crippen LogP contribution in [0, 0.1) is 6.92 Å². The van der Waals surface area contributed by atoms with Gasteiger partial charge in [0.2, 0.25) is 0 Å². The standard InChI is InChI=1S/C16H18N2OS/c1-4-13-6-8-14(9-7-13)16(19)18-17-12(3)15-10-5-11(2)20-15/h5-10H,4H2,1-3H3,(H,18,19)/b17-12-. The lowest BCUT2D eigenvalue weighted by molar-refractivity contribution is 0.0955. The average molecular weight is 286 g/mol. The van der Waals surface area contributed by atoms with Gasteiger partial charge in [0.1, 0.15) is 0 Å². The second kappa shape index (κ2) is 6.48. The maximum absolute atomic E-state index is 12.0. The van der Waals surface area contributed by atoms with E-state index in [-0.39, 0.29) is 5.91 Å². The molecule has 1 heterocycles. The summed E-state index contributed by atoms with van der Waals surface area (Å²) in [6.07, 6.45) is 0.969. The first-order chi connectivity index (χ1) is 9.60. The van der Waals surface area contributed by atoms with Crippen LogP contribution in [-0.4, -0.2) is 11.6 Å². The summed E-state index contributed by atoms with van der Waals surface area (Å²) in [5.74, 6) is -0.180. The Kier molecular flexibility index (Phi) is 4.69. The zero-order valence-electron chi connectivity index (χ0n) is 11.9. The van der Waals surface area contributed by atoms with E-state index in [4.69, 9.17) is 0 Å². The van der Waals surface area contributed by atoms with E-state index in [9.17, 15) is 4.79 Å². The maximum atomic E-state index is 12.0. The Hall–Kier alpha value is -1.94. The summed E-state index contributed by atoms with van der Waals surface area (Å²) >= 11 is 1.67. The van der Waals surface area contributed by atoms with Crippen molar-refractivity contribution < 1.29 is 4.79 Å². The van der Waals surface area contributed by atoms with Gasteiger partial charge in [-0.05, 0) is 50.1 Å². The largest absolute Gasteiger partial charge is 0.271 e. The summed E-state index contributed by atoms with van der Waals surface area (Å²) in [6.45, 7) is 6.03. The number of carbonyl (C=O) groups is 1. The minimum absolute atomic E-state index is 0.180. The molecule has 0 saturated carbocycles. The lowest BCUT2D eigenvalue weighted by Crippen LogP contribution is -2.19. The number of benzene rings is 1. The second-order valence-corrected chi connectivity index (χ2v) is 5.89. The summed E-state index contributed by atoms with van der Waals surface area (Å²) in [4.78, 5) is 14.3. The molecule has 0 saturated heterocycles. The zero-order valence-corrected chi connectivity index (χ0v) is 12.8. The Labute approximate surface area is 123 Å². The van der Waals surface area contributed by atoms with Crippen LogP contribution >= 0.6 is 11.3 Å². The Morgan fingerprint density at radius 3 is 2.45 bits per heavy atom. The third-order valence-electron chi connectivity index (χ3n) is 3.05. The van der Waals surface area contributed by atoms with Gasteiger partial charge < -0.3 is 0 Å². The van der Waals surface area contributed by atoms with Crippen molar-refractivity contribution in [2.45, 2.75) is 27.2 Å². The molecular formula is C16H18N2OS. The Morgan fingerprint density at radius 2 is 1.90 bits per heavy atom. The van der Waals surface area contributed by atoms with Crippen LogP contribution in [-0.2, 0) is 6.42 Å². The molecule has 104 valence electrons. The van der Waals surface area contributed by atoms with E-state index in [2.05, 4.69) is 24.4 Å². The molecule has 1 aromatic heterocycles. The van der Waals surface area contributed by atoms with Crippen molar-refractivity contribution in [3.8, 4) is 0 Å². The molecule has 3 nitrogen and oxygen atoms in total. The molecular weight excluding hydrogens is 268 g/mol. The van der Waals surface area contributed by atoms with E-state index in [1.165, 1.54) is 10.4 Å². The highest BCUT2D eigenvalue weighted by Crippen LogP contribution is 2.15. The highest BCUT2D eigenvalue weighted by atomic mass is 32.1. The van der Waals surface area contributed by atoms with Gasteiger partial charge in [-0.15, -0.1) is 11.3 Å². The molecule has 0 radical (unpaired) electrons. The molecule has 2 aromatic rings. The first-order valence-electron chi connectivity index (χ1n) is 6.60. The Morgan fingerprint density at radius 1 is 1.20 bits per heavy atom. The van der Waals surface area contributed by atoms with E-state index in [1.54, 1.807) is 11.3 Å². The molecule has 0 spiro atoms. The summed E-state index contributed by atoms with van der Waals surface area (Å²) < 4.78 is 0. The smallest absolute Gasteiger partial charge is 0.267 e. The van der Waals surface area contributed by atoms with Gasteiger partial charge in [0.15, 0.2) is 0 Å². The SMILES string of the molecule is CCc1ccc(C(=O)N/N=C(/C)c2ccc(C)s2)cc1. The molecule has 0 unspecified atom stereocenters. The fraction of sp³-hybridized carbons (Fsp3) is 0.250. The van der Waals surface area contributed by atoms with E-state index in [1.807, 2.05) is 43.3 Å². The van der Waals surface area contributed by atoms with Crippen molar-refractivity contribution in [1.82, 2.24) is 5.43 Å². The minimum Gasteiger partial charge on any atom is -0.267 e. The molecule has 0 fully saturated rings. The number of hydrogen-bond acceptors (Lipinski definition) is 3. The van der Waals surface area contributed by atoms with Crippen molar-refractivity contribution in [1.29, 1.82) is 0 Å². The molecule has 2 rings (SSSR count). The van der Waals surface area contributed by atoms with Crippen molar-refractivity contribution in [3.63, 3.8) is 0 Å². The maximum Gasteiger partial charge on any atom is 0.271 e. The molecule has 0 atom stereocenters. The van der Waals surface area contributed by atoms with Gasteiger partial charge in [-0.3, -0.25) is 4.79 Å². The van der Waals surface area contributed by atoms with Crippen LogP contribution in [0.5, 0.6) is 0 Å². The van der Waals surface area contributed by atoms with Crippen LogP contribution < -0.4 is 5.43 Å². The molecule has 0 aliphatic rings. The van der Waals surface area contributed by atoms with E-state index in [0.29, 0.717) is 5.56 Å². The van der Waals surface area contributed by atoms with Crippen molar-refractivity contribution >= 4 is 23.0 Å². The van der Waals surface area contributed by atoms with Gasteiger partial charge in [-0.1, -0.05) is 19.1 Å². The van der Waals surface area contributed by atoms with Crippen LogP contribution in [0.3, 0.4) is 0 Å². The predicted molar refractivity (Wildman–Crippen MR) is 84.6 cm³/mol. The summed E-state index contributed by atoms with van der Waals surface area (Å²) in [5.41, 5.74) is 5.26. The fourth-order valence-corrected chi connectivity index (χ4v) is 2.59. The minimum atomic E-state index is -0.180. The van der Waals surface area contributed by atoms with Gasteiger partial charge in [0.05, 0.1) is 10.6 Å². The average Bonchev–Trinajstić information content (AvgIpc) is 2.91. The predicted octanol–water partition coefficient (Wildman–Crippen LogP) is 3.77. The van der Waals surface area contributed by atoms with Crippen LogP contribution in [0.15, 0.2) is 41.5 Å². The number of aryl methyl sites for hydroxylation is 2. The van der Waals surface area contributed by atoms with E-state index >= 15 is 0 Å². The number of hydrogen-bond donors (Lipinski definition) is 1. The number of carbonyl (C=O) groups excluding carboxylic acids is 1. The van der Waals surface area contributed by atoms with Crippen molar-refractivity contribution in [2.24, 2.45) is 5.10 Å². The van der Waals surface area contributed by atoms with Gasteiger partial charge in [-0.2, -0.15) is 5.10 Å². The first kappa shape index (κ1) is 14.5. The van der Waals surface area contributed by atoms with Gasteiger partial charge >= 0.3 is 0 Å². The quantitative estimate of drug-likeness (QED) is 0.674. The molecule has 0 aliphatic heterocycles. The molecule has 1 aromatic carbocycles. The van der Waals surface area contributed by atoms with Crippen molar-refractivity contribution in [3.05, 3.63) is 57.3 Å². The molecule has 1 N–H and O–H groups in total. The number of nitrogens with zero attached hydrogens (tertiary/aromatic N) is 1. The first-order valence-corrected chi connectivity index (χ1v) is 7.42. The molecule has 0 bridgehead atoms. The number of rotatable bonds is 4. The van der Waals surface area contributed by atoms with Gasteiger partial charge in [0, 0.05) is 10.4 Å². The monoisotopic (exact) mass is 286 g/mol. The lowest BCUT2D eigenvalue weighted by atomic mass is 10.1. The van der Waals surface area contributed by atoms with Crippen LogP contribution in [0.25, 0.3) is 0 Å². The lowest BCUT2D eigenvalue weighted by Gasteiger charge is -2.02. The molecule has 20 heavy (non-hydrogen) atoms. The molecule has 1 amide bonds.